The fraction of sp³-hybridized carbons (Fsp3) is 0.375. The normalized spacial score (nSPS) is 14.7. The molecule has 0 atom stereocenters. The number of halogens is 3. The summed E-state index contributed by atoms with van der Waals surface area (Å²) in [6, 6.07) is 4.20. The second kappa shape index (κ2) is 6.06. The van der Waals surface area contributed by atoms with E-state index in [4.69, 9.17) is 0 Å². The van der Waals surface area contributed by atoms with Crippen molar-refractivity contribution >= 4 is 5.91 Å². The molecule has 0 bridgehead atoms. The van der Waals surface area contributed by atoms with Crippen LogP contribution >= 0.6 is 0 Å². The first-order valence-corrected chi connectivity index (χ1v) is 7.41. The number of aromatic nitrogens is 2. The molecule has 0 aliphatic heterocycles. The molecule has 0 spiro atoms. The molecule has 2 aromatic rings. The Balaban J connectivity index is 1.54. The number of nitrogens with one attached hydrogen (secondary N) is 1. The van der Waals surface area contributed by atoms with Crippen LogP contribution in [0.25, 0.3) is 0 Å². The maximum absolute atomic E-state index is 12.5. The second-order valence-corrected chi connectivity index (χ2v) is 5.58. The van der Waals surface area contributed by atoms with Gasteiger partial charge in [-0.2, -0.15) is 13.2 Å². The van der Waals surface area contributed by atoms with E-state index in [1.54, 1.807) is 6.20 Å². The van der Waals surface area contributed by atoms with Crippen LogP contribution in [-0.4, -0.2) is 22.0 Å². The van der Waals surface area contributed by atoms with Crippen LogP contribution in [0.15, 0.2) is 36.7 Å². The van der Waals surface area contributed by atoms with Gasteiger partial charge in [-0.3, -0.25) is 4.79 Å². The van der Waals surface area contributed by atoms with E-state index < -0.39 is 11.7 Å². The average molecular weight is 323 g/mol. The zero-order valence-corrected chi connectivity index (χ0v) is 12.3. The molecule has 1 aromatic carbocycles. The first-order chi connectivity index (χ1) is 10.9. The lowest BCUT2D eigenvalue weighted by Gasteiger charge is -2.10. The number of hydrogen-bond acceptors (Lipinski definition) is 2. The lowest BCUT2D eigenvalue weighted by atomic mass is 10.1. The van der Waals surface area contributed by atoms with E-state index in [1.165, 1.54) is 12.1 Å². The number of rotatable bonds is 5. The Kier molecular flexibility index (Phi) is 4.11. The second-order valence-electron chi connectivity index (χ2n) is 5.58. The fourth-order valence-electron chi connectivity index (χ4n) is 2.41. The third-order valence-corrected chi connectivity index (χ3v) is 3.80. The Morgan fingerprint density at radius 3 is 2.57 bits per heavy atom. The van der Waals surface area contributed by atoms with E-state index in [0.29, 0.717) is 19.0 Å². The molecular weight excluding hydrogens is 307 g/mol. The first kappa shape index (κ1) is 15.6. The molecule has 0 saturated heterocycles. The largest absolute Gasteiger partial charge is 0.416 e. The summed E-state index contributed by atoms with van der Waals surface area (Å²) in [5, 5.41) is 2.71. The standard InChI is InChI=1S/C16H16F3N3O/c17-16(18,19)13-5-3-12(4-6-13)15(23)21-8-10-22-9-7-20-14(22)11-1-2-11/h3-7,9,11H,1-2,8,10H2,(H,21,23). The van der Waals surface area contributed by atoms with Gasteiger partial charge < -0.3 is 9.88 Å². The summed E-state index contributed by atoms with van der Waals surface area (Å²) < 4.78 is 39.4. The SMILES string of the molecule is O=C(NCCn1ccnc1C1CC1)c1ccc(C(F)(F)F)cc1. The van der Waals surface area contributed by atoms with Gasteiger partial charge in [0.05, 0.1) is 5.56 Å². The van der Waals surface area contributed by atoms with Crippen LogP contribution in [0.3, 0.4) is 0 Å². The Morgan fingerprint density at radius 2 is 1.96 bits per heavy atom. The summed E-state index contributed by atoms with van der Waals surface area (Å²) in [5.74, 6) is 1.18. The predicted octanol–water partition coefficient (Wildman–Crippen LogP) is 3.21. The van der Waals surface area contributed by atoms with Gasteiger partial charge in [-0.25, -0.2) is 4.98 Å². The van der Waals surface area contributed by atoms with Gasteiger partial charge in [0.1, 0.15) is 5.82 Å². The van der Waals surface area contributed by atoms with Crippen molar-refractivity contribution < 1.29 is 18.0 Å². The topological polar surface area (TPSA) is 46.9 Å². The molecule has 4 nitrogen and oxygen atoms in total. The zero-order chi connectivity index (χ0) is 16.4. The maximum atomic E-state index is 12.5. The third-order valence-electron chi connectivity index (χ3n) is 3.80. The van der Waals surface area contributed by atoms with Crippen LogP contribution in [0.1, 0.15) is 40.5 Å². The zero-order valence-electron chi connectivity index (χ0n) is 12.3. The first-order valence-electron chi connectivity index (χ1n) is 7.41. The van der Waals surface area contributed by atoms with Crippen molar-refractivity contribution in [2.24, 2.45) is 0 Å². The Hall–Kier alpha value is -2.31. The molecule has 1 heterocycles. The quantitative estimate of drug-likeness (QED) is 0.918. The summed E-state index contributed by atoms with van der Waals surface area (Å²) in [4.78, 5) is 16.3. The van der Waals surface area contributed by atoms with Gasteiger partial charge in [-0.15, -0.1) is 0 Å². The van der Waals surface area contributed by atoms with Gasteiger partial charge in [-0.1, -0.05) is 0 Å². The van der Waals surface area contributed by atoms with Gasteiger partial charge in [-0.05, 0) is 37.1 Å². The minimum Gasteiger partial charge on any atom is -0.350 e. The lowest BCUT2D eigenvalue weighted by molar-refractivity contribution is -0.137. The summed E-state index contributed by atoms with van der Waals surface area (Å²) in [5.41, 5.74) is -0.549. The molecule has 0 radical (unpaired) electrons. The van der Waals surface area contributed by atoms with E-state index in [2.05, 4.69) is 10.3 Å². The minimum absolute atomic E-state index is 0.214. The fourth-order valence-corrected chi connectivity index (χ4v) is 2.41. The molecule has 1 aliphatic carbocycles. The van der Waals surface area contributed by atoms with Crippen molar-refractivity contribution in [3.8, 4) is 0 Å². The molecular formula is C16H16F3N3O. The van der Waals surface area contributed by atoms with E-state index in [-0.39, 0.29) is 11.5 Å². The summed E-state index contributed by atoms with van der Waals surface area (Å²) in [6.45, 7) is 0.994. The van der Waals surface area contributed by atoms with Crippen molar-refractivity contribution in [2.45, 2.75) is 31.5 Å². The van der Waals surface area contributed by atoms with Crippen molar-refractivity contribution in [1.29, 1.82) is 0 Å². The van der Waals surface area contributed by atoms with Crippen LogP contribution in [0.4, 0.5) is 13.2 Å². The Bertz CT molecular complexity index is 687. The summed E-state index contributed by atoms with van der Waals surface area (Å²) >= 11 is 0. The monoisotopic (exact) mass is 323 g/mol. The number of amides is 1. The molecule has 3 rings (SSSR count). The predicted molar refractivity (Wildman–Crippen MR) is 78.0 cm³/mol. The number of carbonyl (C=O) groups is 1. The van der Waals surface area contributed by atoms with Crippen LogP contribution in [-0.2, 0) is 12.7 Å². The van der Waals surface area contributed by atoms with E-state index in [0.717, 1.165) is 30.8 Å². The van der Waals surface area contributed by atoms with Crippen LogP contribution in [0, 0.1) is 0 Å². The number of carbonyl (C=O) groups excluding carboxylic acids is 1. The van der Waals surface area contributed by atoms with Crippen LogP contribution < -0.4 is 5.32 Å². The molecule has 1 N–H and O–H groups in total. The maximum Gasteiger partial charge on any atom is 0.416 e. The van der Waals surface area contributed by atoms with Crippen molar-refractivity contribution in [3.05, 3.63) is 53.6 Å². The highest BCUT2D eigenvalue weighted by Gasteiger charge is 2.30. The molecule has 0 unspecified atom stereocenters. The Labute approximate surface area is 131 Å². The van der Waals surface area contributed by atoms with Crippen LogP contribution in [0.5, 0.6) is 0 Å². The number of hydrogen-bond donors (Lipinski definition) is 1. The highest BCUT2D eigenvalue weighted by molar-refractivity contribution is 5.94. The number of alkyl halides is 3. The number of nitrogens with zero attached hydrogens (tertiary/aromatic N) is 2. The molecule has 122 valence electrons. The van der Waals surface area contributed by atoms with Gasteiger partial charge in [0.25, 0.3) is 5.91 Å². The van der Waals surface area contributed by atoms with Gasteiger partial charge in [0.15, 0.2) is 0 Å². The molecule has 1 fully saturated rings. The molecule has 23 heavy (non-hydrogen) atoms. The van der Waals surface area contributed by atoms with Crippen molar-refractivity contribution in [2.75, 3.05) is 6.54 Å². The van der Waals surface area contributed by atoms with Gasteiger partial charge in [0.2, 0.25) is 0 Å². The third kappa shape index (κ3) is 3.72. The molecule has 1 aromatic heterocycles. The van der Waals surface area contributed by atoms with Crippen molar-refractivity contribution in [1.82, 2.24) is 14.9 Å². The molecule has 1 amide bonds. The van der Waals surface area contributed by atoms with E-state index in [9.17, 15) is 18.0 Å². The smallest absolute Gasteiger partial charge is 0.350 e. The van der Waals surface area contributed by atoms with Crippen LogP contribution in [0.2, 0.25) is 0 Å². The summed E-state index contributed by atoms with van der Waals surface area (Å²) in [6.07, 6.45) is 1.52. The van der Waals surface area contributed by atoms with E-state index >= 15 is 0 Å². The van der Waals surface area contributed by atoms with Gasteiger partial charge >= 0.3 is 6.18 Å². The molecule has 1 aliphatic rings. The lowest BCUT2D eigenvalue weighted by Crippen LogP contribution is -2.27. The molecule has 1 saturated carbocycles. The minimum atomic E-state index is -4.39. The Morgan fingerprint density at radius 1 is 1.26 bits per heavy atom. The average Bonchev–Trinajstić information content (AvgIpc) is 3.26. The number of benzene rings is 1. The summed E-state index contributed by atoms with van der Waals surface area (Å²) in [7, 11) is 0. The van der Waals surface area contributed by atoms with E-state index in [1.807, 2.05) is 10.8 Å². The highest BCUT2D eigenvalue weighted by Crippen LogP contribution is 2.38. The van der Waals surface area contributed by atoms with Crippen molar-refractivity contribution in [3.63, 3.8) is 0 Å². The van der Waals surface area contributed by atoms with Gasteiger partial charge in [0, 0.05) is 37.0 Å². The highest BCUT2D eigenvalue weighted by atomic mass is 19.4. The number of imidazole rings is 1. The molecule has 7 heteroatoms.